The van der Waals surface area contributed by atoms with E-state index in [1.54, 1.807) is 0 Å². The molecule has 0 aromatic heterocycles. The van der Waals surface area contributed by atoms with E-state index < -0.39 is 0 Å². The van der Waals surface area contributed by atoms with Crippen molar-refractivity contribution in [2.45, 2.75) is 63.2 Å². The Labute approximate surface area is 144 Å². The number of aliphatic hydroxyl groups excluding tert-OH is 1. The average molecular weight is 327 g/mol. The first-order valence-electron chi connectivity index (χ1n) is 9.83. The zero-order valence-electron chi connectivity index (χ0n) is 14.4. The van der Waals surface area contributed by atoms with Crippen LogP contribution in [0.2, 0.25) is 0 Å². The molecule has 0 radical (unpaired) electrons. The standard InChI is InChI=1S/C21H29NO2/c23-18(15-6-2-1-3-7-15)20(11-12-20)14-22-17-16-8-13-24-19(16)21(17)9-4-5-10-21/h1-3,6-7,16-19,22-23H,4-5,8-14H2. The second kappa shape index (κ2) is 5.55. The van der Waals surface area contributed by atoms with Gasteiger partial charge in [-0.05, 0) is 37.7 Å². The SMILES string of the molecule is OC(c1ccccc1)C1(CNC2C3CCOC3C23CCCC3)CC1. The van der Waals surface area contributed by atoms with Crippen molar-refractivity contribution in [2.75, 3.05) is 13.2 Å². The molecular formula is C21H29NO2. The van der Waals surface area contributed by atoms with E-state index in [1.807, 2.05) is 18.2 Å². The highest BCUT2D eigenvalue weighted by Gasteiger charge is 2.65. The molecule has 0 amide bonds. The molecule has 1 aromatic carbocycles. The van der Waals surface area contributed by atoms with Crippen LogP contribution < -0.4 is 5.32 Å². The second-order valence-corrected chi connectivity index (χ2v) is 8.72. The highest BCUT2D eigenvalue weighted by Crippen LogP contribution is 2.61. The van der Waals surface area contributed by atoms with Crippen LogP contribution in [0.1, 0.15) is 56.6 Å². The third-order valence-electron chi connectivity index (χ3n) is 7.55. The van der Waals surface area contributed by atoms with E-state index in [4.69, 9.17) is 4.74 Å². The number of benzene rings is 1. The van der Waals surface area contributed by atoms with Gasteiger partial charge in [0.15, 0.2) is 0 Å². The van der Waals surface area contributed by atoms with Crippen molar-refractivity contribution in [1.82, 2.24) is 5.32 Å². The molecule has 3 aliphatic carbocycles. The molecule has 1 saturated heterocycles. The Morgan fingerprint density at radius 2 is 1.88 bits per heavy atom. The number of fused-ring (bicyclic) bond motifs is 2. The predicted molar refractivity (Wildman–Crippen MR) is 93.6 cm³/mol. The first-order chi connectivity index (χ1) is 11.8. The molecule has 3 saturated carbocycles. The summed E-state index contributed by atoms with van der Waals surface area (Å²) in [6, 6.07) is 10.8. The van der Waals surface area contributed by atoms with E-state index in [2.05, 4.69) is 17.4 Å². The lowest BCUT2D eigenvalue weighted by atomic mass is 9.54. The van der Waals surface area contributed by atoms with Crippen LogP contribution in [0.15, 0.2) is 30.3 Å². The molecule has 1 heterocycles. The molecule has 4 unspecified atom stereocenters. The van der Waals surface area contributed by atoms with Crippen LogP contribution in [0.25, 0.3) is 0 Å². The van der Waals surface area contributed by atoms with Gasteiger partial charge in [-0.1, -0.05) is 43.2 Å². The molecule has 3 nitrogen and oxygen atoms in total. The van der Waals surface area contributed by atoms with Crippen molar-refractivity contribution in [3.05, 3.63) is 35.9 Å². The van der Waals surface area contributed by atoms with Crippen molar-refractivity contribution in [3.63, 3.8) is 0 Å². The Morgan fingerprint density at radius 3 is 2.58 bits per heavy atom. The van der Waals surface area contributed by atoms with Crippen LogP contribution in [0.4, 0.5) is 0 Å². The van der Waals surface area contributed by atoms with E-state index in [1.165, 1.54) is 32.1 Å². The Bertz CT molecular complexity index is 591. The molecule has 2 N–H and O–H groups in total. The van der Waals surface area contributed by atoms with Crippen LogP contribution >= 0.6 is 0 Å². The molecule has 24 heavy (non-hydrogen) atoms. The lowest BCUT2D eigenvalue weighted by Gasteiger charge is -2.57. The van der Waals surface area contributed by atoms with Gasteiger partial charge in [0.2, 0.25) is 0 Å². The van der Waals surface area contributed by atoms with Crippen molar-refractivity contribution in [2.24, 2.45) is 16.7 Å². The first kappa shape index (κ1) is 15.4. The normalized spacial score (nSPS) is 36.3. The summed E-state index contributed by atoms with van der Waals surface area (Å²) in [6.07, 6.45) is 9.08. The van der Waals surface area contributed by atoms with Crippen LogP contribution in [0.5, 0.6) is 0 Å². The summed E-state index contributed by atoms with van der Waals surface area (Å²) >= 11 is 0. The van der Waals surface area contributed by atoms with Gasteiger partial charge in [0, 0.05) is 35.9 Å². The molecule has 4 atom stereocenters. The van der Waals surface area contributed by atoms with E-state index in [0.29, 0.717) is 23.5 Å². The van der Waals surface area contributed by atoms with E-state index in [-0.39, 0.29) is 11.5 Å². The van der Waals surface area contributed by atoms with Gasteiger partial charge in [0.1, 0.15) is 0 Å². The molecule has 5 rings (SSSR count). The number of ether oxygens (including phenoxy) is 1. The highest BCUT2D eigenvalue weighted by molar-refractivity contribution is 5.23. The summed E-state index contributed by atoms with van der Waals surface area (Å²) in [5.41, 5.74) is 1.55. The monoisotopic (exact) mass is 327 g/mol. The number of hydrogen-bond acceptors (Lipinski definition) is 3. The van der Waals surface area contributed by atoms with Crippen molar-refractivity contribution in [1.29, 1.82) is 0 Å². The lowest BCUT2D eigenvalue weighted by Crippen LogP contribution is -2.68. The van der Waals surface area contributed by atoms with Gasteiger partial charge < -0.3 is 15.2 Å². The fourth-order valence-corrected chi connectivity index (χ4v) is 6.02. The maximum Gasteiger partial charge on any atom is 0.0858 e. The van der Waals surface area contributed by atoms with Gasteiger partial charge in [-0.15, -0.1) is 0 Å². The summed E-state index contributed by atoms with van der Waals surface area (Å²) in [4.78, 5) is 0. The molecule has 1 aromatic rings. The van der Waals surface area contributed by atoms with Crippen molar-refractivity contribution < 1.29 is 9.84 Å². The Hall–Kier alpha value is -0.900. The van der Waals surface area contributed by atoms with Crippen LogP contribution in [-0.4, -0.2) is 30.4 Å². The summed E-state index contributed by atoms with van der Waals surface area (Å²) in [6.45, 7) is 1.91. The van der Waals surface area contributed by atoms with Crippen molar-refractivity contribution >= 4 is 0 Å². The summed E-state index contributed by atoms with van der Waals surface area (Å²) in [5, 5.41) is 14.8. The van der Waals surface area contributed by atoms with Gasteiger partial charge in [-0.25, -0.2) is 0 Å². The zero-order chi connectivity index (χ0) is 16.2. The van der Waals surface area contributed by atoms with E-state index in [9.17, 15) is 5.11 Å². The Balaban J connectivity index is 1.29. The summed E-state index contributed by atoms with van der Waals surface area (Å²) in [7, 11) is 0. The van der Waals surface area contributed by atoms with Crippen molar-refractivity contribution in [3.8, 4) is 0 Å². The molecule has 0 bridgehead atoms. The first-order valence-corrected chi connectivity index (χ1v) is 9.83. The maximum atomic E-state index is 10.9. The molecule has 3 heteroatoms. The summed E-state index contributed by atoms with van der Waals surface area (Å²) in [5.74, 6) is 0.716. The predicted octanol–water partition coefficient (Wildman–Crippen LogP) is 3.44. The van der Waals surface area contributed by atoms with Crippen LogP contribution in [0.3, 0.4) is 0 Å². The minimum Gasteiger partial charge on any atom is -0.388 e. The fourth-order valence-electron chi connectivity index (χ4n) is 6.02. The minimum atomic E-state index is -0.332. The highest BCUT2D eigenvalue weighted by atomic mass is 16.5. The fraction of sp³-hybridized carbons (Fsp3) is 0.714. The zero-order valence-corrected chi connectivity index (χ0v) is 14.4. The molecule has 4 fully saturated rings. The van der Waals surface area contributed by atoms with Crippen LogP contribution in [-0.2, 0) is 4.74 Å². The Kier molecular flexibility index (Phi) is 3.55. The minimum absolute atomic E-state index is 0.0612. The van der Waals surface area contributed by atoms with Gasteiger partial charge in [-0.3, -0.25) is 0 Å². The van der Waals surface area contributed by atoms with Gasteiger partial charge >= 0.3 is 0 Å². The molecule has 4 aliphatic rings. The van der Waals surface area contributed by atoms with E-state index in [0.717, 1.165) is 31.6 Å². The molecular weight excluding hydrogens is 298 g/mol. The molecule has 130 valence electrons. The third-order valence-corrected chi connectivity index (χ3v) is 7.55. The average Bonchev–Trinajstić information content (AvgIpc) is 3.03. The number of hydrogen-bond donors (Lipinski definition) is 2. The number of aliphatic hydroxyl groups is 1. The number of rotatable bonds is 5. The lowest BCUT2D eigenvalue weighted by molar-refractivity contribution is -0.132. The largest absolute Gasteiger partial charge is 0.388 e. The van der Waals surface area contributed by atoms with Crippen LogP contribution in [0, 0.1) is 16.7 Å². The summed E-state index contributed by atoms with van der Waals surface area (Å²) < 4.78 is 6.09. The Morgan fingerprint density at radius 1 is 1.12 bits per heavy atom. The van der Waals surface area contributed by atoms with Gasteiger partial charge in [0.25, 0.3) is 0 Å². The number of nitrogens with one attached hydrogen (secondary N) is 1. The quantitative estimate of drug-likeness (QED) is 0.870. The molecule has 1 spiro atoms. The second-order valence-electron chi connectivity index (χ2n) is 8.72. The smallest absolute Gasteiger partial charge is 0.0858 e. The molecule has 1 aliphatic heterocycles. The third kappa shape index (κ3) is 2.14. The van der Waals surface area contributed by atoms with E-state index >= 15 is 0 Å². The van der Waals surface area contributed by atoms with Gasteiger partial charge in [0.05, 0.1) is 12.2 Å². The topological polar surface area (TPSA) is 41.5 Å². The maximum absolute atomic E-state index is 10.9. The van der Waals surface area contributed by atoms with Gasteiger partial charge in [-0.2, -0.15) is 0 Å².